The van der Waals surface area contributed by atoms with E-state index in [2.05, 4.69) is 5.32 Å². The van der Waals surface area contributed by atoms with E-state index in [1.807, 2.05) is 0 Å². The highest BCUT2D eigenvalue weighted by Crippen LogP contribution is 2.28. The van der Waals surface area contributed by atoms with Crippen LogP contribution in [-0.2, 0) is 4.79 Å². The number of amides is 1. The molecule has 0 aliphatic heterocycles. The Balaban J connectivity index is 1.83. The number of hydrogen-bond donors (Lipinski definition) is 1. The molecule has 27 heavy (non-hydrogen) atoms. The maximum atomic E-state index is 13.1. The molecule has 2 rings (SSSR count). The number of ether oxygens (including phenoxy) is 2. The minimum absolute atomic E-state index is 0.0760. The molecule has 0 atom stereocenters. The van der Waals surface area contributed by atoms with Crippen molar-refractivity contribution in [3.05, 3.63) is 58.4 Å². The van der Waals surface area contributed by atoms with Gasteiger partial charge in [-0.15, -0.1) is 0 Å². The second kappa shape index (κ2) is 9.48. The van der Waals surface area contributed by atoms with E-state index in [0.29, 0.717) is 18.0 Å². The first-order chi connectivity index (χ1) is 12.9. The number of halogens is 1. The van der Waals surface area contributed by atoms with Crippen LogP contribution in [0.4, 0.5) is 15.8 Å². The lowest BCUT2D eigenvalue weighted by molar-refractivity contribution is -0.384. The van der Waals surface area contributed by atoms with Gasteiger partial charge in [0.15, 0.2) is 0 Å². The third-order valence-electron chi connectivity index (χ3n) is 3.62. The third kappa shape index (κ3) is 6.23. The van der Waals surface area contributed by atoms with Gasteiger partial charge in [0, 0.05) is 18.7 Å². The van der Waals surface area contributed by atoms with Gasteiger partial charge in [-0.25, -0.2) is 4.39 Å². The molecule has 0 unspecified atom stereocenters. The Bertz CT molecular complexity index is 815. The summed E-state index contributed by atoms with van der Waals surface area (Å²) in [7, 11) is 3.10. The fraction of sp³-hybridized carbons (Fsp3) is 0.278. The van der Waals surface area contributed by atoms with Gasteiger partial charge < -0.3 is 14.8 Å². The number of carbonyl (C=O) groups excluding carboxylic acids is 1. The molecule has 0 spiro atoms. The van der Waals surface area contributed by atoms with Gasteiger partial charge in [0.2, 0.25) is 5.91 Å². The van der Waals surface area contributed by atoms with E-state index < -0.39 is 4.92 Å². The van der Waals surface area contributed by atoms with Crippen molar-refractivity contribution in [2.24, 2.45) is 0 Å². The summed E-state index contributed by atoms with van der Waals surface area (Å²) in [5, 5.41) is 13.4. The number of benzene rings is 2. The normalized spacial score (nSPS) is 10.5. The number of anilines is 1. The lowest BCUT2D eigenvalue weighted by atomic mass is 10.2. The average molecular weight is 377 g/mol. The number of rotatable bonds is 9. The molecule has 0 radical (unpaired) electrons. The van der Waals surface area contributed by atoms with Crippen molar-refractivity contribution in [2.75, 3.05) is 39.2 Å². The highest BCUT2D eigenvalue weighted by molar-refractivity contribution is 5.93. The Morgan fingerprint density at radius 3 is 2.74 bits per heavy atom. The quantitative estimate of drug-likeness (QED) is 0.533. The smallest absolute Gasteiger partial charge is 0.273 e. The van der Waals surface area contributed by atoms with Crippen LogP contribution in [0.25, 0.3) is 0 Å². The second-order valence-corrected chi connectivity index (χ2v) is 5.73. The van der Waals surface area contributed by atoms with E-state index in [4.69, 9.17) is 9.47 Å². The molecule has 9 heteroatoms. The first kappa shape index (κ1) is 20.1. The standard InChI is InChI=1S/C18H20FN3O5/c1-21(8-9-27-15-5-3-4-13(19)10-15)12-18(23)20-16-7-6-14(22(24)25)11-17(16)26-2/h3-7,10-11H,8-9,12H2,1-2H3,(H,20,23). The molecule has 0 fully saturated rings. The van der Waals surface area contributed by atoms with Gasteiger partial charge in [-0.2, -0.15) is 0 Å². The first-order valence-corrected chi connectivity index (χ1v) is 8.08. The molecule has 0 aromatic heterocycles. The minimum atomic E-state index is -0.541. The predicted octanol–water partition coefficient (Wildman–Crippen LogP) is 2.69. The van der Waals surface area contributed by atoms with Crippen LogP contribution in [0.1, 0.15) is 0 Å². The molecule has 144 valence electrons. The van der Waals surface area contributed by atoms with Crippen molar-refractivity contribution in [3.8, 4) is 11.5 Å². The van der Waals surface area contributed by atoms with Gasteiger partial charge in [0.05, 0.1) is 30.3 Å². The maximum Gasteiger partial charge on any atom is 0.273 e. The summed E-state index contributed by atoms with van der Waals surface area (Å²) >= 11 is 0. The molecule has 0 saturated heterocycles. The van der Waals surface area contributed by atoms with E-state index >= 15 is 0 Å². The number of nitro benzene ring substituents is 1. The first-order valence-electron chi connectivity index (χ1n) is 8.08. The Morgan fingerprint density at radius 1 is 1.30 bits per heavy atom. The van der Waals surface area contributed by atoms with Crippen molar-refractivity contribution in [1.82, 2.24) is 4.90 Å². The lowest BCUT2D eigenvalue weighted by Crippen LogP contribution is -2.33. The number of carbonyl (C=O) groups is 1. The van der Waals surface area contributed by atoms with Crippen LogP contribution in [0.2, 0.25) is 0 Å². The summed E-state index contributed by atoms with van der Waals surface area (Å²) in [6.07, 6.45) is 0. The zero-order valence-corrected chi connectivity index (χ0v) is 15.0. The predicted molar refractivity (Wildman–Crippen MR) is 97.7 cm³/mol. The summed E-state index contributed by atoms with van der Waals surface area (Å²) in [5.74, 6) is -0.0641. The maximum absolute atomic E-state index is 13.1. The molecular formula is C18H20FN3O5. The van der Waals surface area contributed by atoms with Crippen molar-refractivity contribution in [1.29, 1.82) is 0 Å². The summed E-state index contributed by atoms with van der Waals surface area (Å²) in [6, 6.07) is 9.77. The Labute approximate surface area is 155 Å². The summed E-state index contributed by atoms with van der Waals surface area (Å²) in [4.78, 5) is 24.1. The van der Waals surface area contributed by atoms with Crippen LogP contribution in [0.5, 0.6) is 11.5 Å². The van der Waals surface area contributed by atoms with Crippen LogP contribution in [0, 0.1) is 15.9 Å². The van der Waals surface area contributed by atoms with Crippen molar-refractivity contribution < 1.29 is 23.6 Å². The molecule has 0 bridgehead atoms. The number of nitrogens with one attached hydrogen (secondary N) is 1. The highest BCUT2D eigenvalue weighted by atomic mass is 19.1. The van der Waals surface area contributed by atoms with E-state index in [-0.39, 0.29) is 36.3 Å². The molecule has 0 aliphatic carbocycles. The third-order valence-corrected chi connectivity index (χ3v) is 3.62. The number of nitrogens with zero attached hydrogens (tertiary/aromatic N) is 2. The molecular weight excluding hydrogens is 357 g/mol. The highest BCUT2D eigenvalue weighted by Gasteiger charge is 2.14. The van der Waals surface area contributed by atoms with Crippen molar-refractivity contribution in [3.63, 3.8) is 0 Å². The van der Waals surface area contributed by atoms with Gasteiger partial charge >= 0.3 is 0 Å². The summed E-state index contributed by atoms with van der Waals surface area (Å²) in [5.41, 5.74) is 0.217. The number of non-ortho nitro benzene ring substituents is 1. The zero-order chi connectivity index (χ0) is 19.8. The van der Waals surface area contributed by atoms with Crippen molar-refractivity contribution in [2.45, 2.75) is 0 Å². The van der Waals surface area contributed by atoms with Crippen LogP contribution in [0.3, 0.4) is 0 Å². The Hall–Kier alpha value is -3.20. The Kier molecular flexibility index (Phi) is 7.07. The lowest BCUT2D eigenvalue weighted by Gasteiger charge is -2.17. The molecule has 0 aliphatic rings. The Morgan fingerprint density at radius 2 is 2.07 bits per heavy atom. The molecule has 1 amide bonds. The van der Waals surface area contributed by atoms with E-state index in [0.717, 1.165) is 0 Å². The number of likely N-dealkylation sites (N-methyl/N-ethyl adjacent to an activating group) is 1. The second-order valence-electron chi connectivity index (χ2n) is 5.73. The van der Waals surface area contributed by atoms with Crippen LogP contribution < -0.4 is 14.8 Å². The van der Waals surface area contributed by atoms with Gasteiger partial charge in [0.25, 0.3) is 5.69 Å². The average Bonchev–Trinajstić information content (AvgIpc) is 2.61. The molecule has 2 aromatic carbocycles. The van der Waals surface area contributed by atoms with E-state index in [1.165, 1.54) is 37.4 Å². The zero-order valence-electron chi connectivity index (χ0n) is 15.0. The number of nitro groups is 1. The monoisotopic (exact) mass is 377 g/mol. The fourth-order valence-corrected chi connectivity index (χ4v) is 2.29. The van der Waals surface area contributed by atoms with Crippen LogP contribution in [-0.4, -0.2) is 49.6 Å². The summed E-state index contributed by atoms with van der Waals surface area (Å²) < 4.78 is 23.6. The molecule has 0 saturated carbocycles. The van der Waals surface area contributed by atoms with Gasteiger partial charge in [0.1, 0.15) is 23.9 Å². The minimum Gasteiger partial charge on any atom is -0.494 e. The molecule has 8 nitrogen and oxygen atoms in total. The van der Waals surface area contributed by atoms with Crippen LogP contribution >= 0.6 is 0 Å². The van der Waals surface area contributed by atoms with Gasteiger partial charge in [-0.3, -0.25) is 19.8 Å². The number of hydrogen-bond acceptors (Lipinski definition) is 6. The van der Waals surface area contributed by atoms with Crippen LogP contribution in [0.15, 0.2) is 42.5 Å². The van der Waals surface area contributed by atoms with E-state index in [1.54, 1.807) is 24.1 Å². The van der Waals surface area contributed by atoms with E-state index in [9.17, 15) is 19.3 Å². The van der Waals surface area contributed by atoms with Gasteiger partial charge in [-0.05, 0) is 25.2 Å². The molecule has 2 aromatic rings. The summed E-state index contributed by atoms with van der Waals surface area (Å²) in [6.45, 7) is 0.808. The fourth-order valence-electron chi connectivity index (χ4n) is 2.29. The van der Waals surface area contributed by atoms with Crippen molar-refractivity contribution >= 4 is 17.3 Å². The van der Waals surface area contributed by atoms with Gasteiger partial charge in [-0.1, -0.05) is 6.07 Å². The SMILES string of the molecule is COc1cc([N+](=O)[O-])ccc1NC(=O)CN(C)CCOc1cccc(F)c1. The molecule has 0 heterocycles. The number of methoxy groups -OCH3 is 1. The molecule has 1 N–H and O–H groups in total. The topological polar surface area (TPSA) is 93.9 Å². The largest absolute Gasteiger partial charge is 0.494 e.